The number of aromatic nitrogens is 6. The normalized spacial score (nSPS) is 10.9. The highest BCUT2D eigenvalue weighted by Crippen LogP contribution is 2.15. The van der Waals surface area contributed by atoms with Crippen molar-refractivity contribution >= 4 is 23.3 Å². The molecule has 0 bridgehead atoms. The zero-order valence-electron chi connectivity index (χ0n) is 17.3. The van der Waals surface area contributed by atoms with Gasteiger partial charge in [-0.15, -0.1) is 10.2 Å². The monoisotopic (exact) mass is 430 g/mol. The first-order valence-electron chi connectivity index (χ1n) is 10.1. The van der Waals surface area contributed by atoms with Crippen molar-refractivity contribution in [2.45, 2.75) is 46.1 Å². The van der Waals surface area contributed by atoms with E-state index >= 15 is 0 Å². The third-order valence-electron chi connectivity index (χ3n) is 4.52. The highest BCUT2D eigenvalue weighted by Gasteiger charge is 2.16. The quantitative estimate of drug-likeness (QED) is 0.403. The lowest BCUT2D eigenvalue weighted by atomic mass is 10.1. The van der Waals surface area contributed by atoms with Crippen LogP contribution in [0.3, 0.4) is 0 Å². The summed E-state index contributed by atoms with van der Waals surface area (Å²) in [6, 6.07) is 8.28. The third-order valence-corrected chi connectivity index (χ3v) is 4.70. The molecule has 3 aromatic rings. The van der Waals surface area contributed by atoms with Crippen molar-refractivity contribution in [3.8, 4) is 0 Å². The molecule has 10 heteroatoms. The number of anilines is 1. The molecule has 1 amide bonds. The topological polar surface area (TPSA) is 113 Å². The van der Waals surface area contributed by atoms with Gasteiger partial charge in [0.1, 0.15) is 5.69 Å². The van der Waals surface area contributed by atoms with E-state index in [0.717, 1.165) is 24.9 Å². The molecule has 160 valence electrons. The molecule has 0 spiro atoms. The number of amides is 1. The maximum atomic E-state index is 12.4. The standard InChI is InChI=1S/C20H27ClN8O/c1-3-4-10-22-18-17(24-20(21)25-18)19(30)23-11-5-12-29-27-16(26-28-29)13-15-8-6-14(2)7-9-15/h6-9,22H,3-5,10-13H2,1-2H3,(H,23,30)(H,24,25). The van der Waals surface area contributed by atoms with Crippen LogP contribution in [0.15, 0.2) is 24.3 Å². The van der Waals surface area contributed by atoms with E-state index in [1.165, 1.54) is 5.56 Å². The molecule has 0 unspecified atom stereocenters. The Kier molecular flexibility index (Phi) is 7.78. The maximum absolute atomic E-state index is 12.4. The second-order valence-corrected chi connectivity index (χ2v) is 7.46. The number of carbonyl (C=O) groups excluding carboxylic acids is 1. The summed E-state index contributed by atoms with van der Waals surface area (Å²) in [5.74, 6) is 0.905. The Bertz CT molecular complexity index is 950. The number of aryl methyl sites for hydroxylation is 2. The zero-order valence-corrected chi connectivity index (χ0v) is 18.0. The van der Waals surface area contributed by atoms with Crippen molar-refractivity contribution in [1.29, 1.82) is 0 Å². The summed E-state index contributed by atoms with van der Waals surface area (Å²) in [5, 5.41) is 18.8. The largest absolute Gasteiger partial charge is 0.368 e. The zero-order chi connectivity index (χ0) is 21.3. The molecule has 30 heavy (non-hydrogen) atoms. The lowest BCUT2D eigenvalue weighted by Gasteiger charge is -2.06. The molecule has 9 nitrogen and oxygen atoms in total. The van der Waals surface area contributed by atoms with Gasteiger partial charge in [-0.25, -0.2) is 4.98 Å². The van der Waals surface area contributed by atoms with Gasteiger partial charge in [0, 0.05) is 19.5 Å². The van der Waals surface area contributed by atoms with E-state index in [-0.39, 0.29) is 11.2 Å². The van der Waals surface area contributed by atoms with Gasteiger partial charge >= 0.3 is 0 Å². The number of imidazole rings is 1. The van der Waals surface area contributed by atoms with Gasteiger partial charge in [-0.3, -0.25) is 4.79 Å². The molecule has 3 N–H and O–H groups in total. The fraction of sp³-hybridized carbons (Fsp3) is 0.450. The second-order valence-electron chi connectivity index (χ2n) is 7.10. The Morgan fingerprint density at radius 3 is 2.77 bits per heavy atom. The summed E-state index contributed by atoms with van der Waals surface area (Å²) < 4.78 is 0. The van der Waals surface area contributed by atoms with Crippen LogP contribution in [-0.2, 0) is 13.0 Å². The SMILES string of the molecule is CCCCNc1nc(Cl)[nH]c1C(=O)NCCCn1nnc(Cc2ccc(C)cc2)n1. The number of nitrogens with one attached hydrogen (secondary N) is 3. The first-order chi connectivity index (χ1) is 14.5. The van der Waals surface area contributed by atoms with E-state index < -0.39 is 0 Å². The van der Waals surface area contributed by atoms with Gasteiger partial charge in [0.2, 0.25) is 5.28 Å². The molecule has 0 saturated carbocycles. The fourth-order valence-electron chi connectivity index (χ4n) is 2.86. The van der Waals surface area contributed by atoms with E-state index in [4.69, 9.17) is 11.6 Å². The van der Waals surface area contributed by atoms with Crippen molar-refractivity contribution in [3.63, 3.8) is 0 Å². The number of halogens is 1. The molecule has 0 aliphatic heterocycles. The molecule has 1 aromatic carbocycles. The Morgan fingerprint density at radius 2 is 2.00 bits per heavy atom. The second kappa shape index (κ2) is 10.7. The van der Waals surface area contributed by atoms with Crippen LogP contribution in [0.2, 0.25) is 5.28 Å². The predicted octanol–water partition coefficient (Wildman–Crippen LogP) is 2.98. The van der Waals surface area contributed by atoms with Gasteiger partial charge in [0.25, 0.3) is 5.91 Å². The molecule has 2 heterocycles. The molecular weight excluding hydrogens is 404 g/mol. The van der Waals surface area contributed by atoms with Gasteiger partial charge in [0.05, 0.1) is 6.54 Å². The van der Waals surface area contributed by atoms with Gasteiger partial charge in [0.15, 0.2) is 11.6 Å². The summed E-state index contributed by atoms with van der Waals surface area (Å²) >= 11 is 5.92. The van der Waals surface area contributed by atoms with E-state index in [9.17, 15) is 4.79 Å². The summed E-state index contributed by atoms with van der Waals surface area (Å²) in [4.78, 5) is 20.9. The Labute approximate surface area is 180 Å². The fourth-order valence-corrected chi connectivity index (χ4v) is 3.04. The average Bonchev–Trinajstić information content (AvgIpc) is 3.33. The number of tetrazole rings is 1. The van der Waals surface area contributed by atoms with Crippen LogP contribution < -0.4 is 10.6 Å². The maximum Gasteiger partial charge on any atom is 0.271 e. The third kappa shape index (κ3) is 6.28. The van der Waals surface area contributed by atoms with Gasteiger partial charge in [-0.2, -0.15) is 4.80 Å². The van der Waals surface area contributed by atoms with Gasteiger partial charge in [-0.1, -0.05) is 43.2 Å². The molecule has 0 atom stereocenters. The number of aromatic amines is 1. The molecular formula is C20H27ClN8O. The highest BCUT2D eigenvalue weighted by molar-refractivity contribution is 6.28. The first-order valence-corrected chi connectivity index (χ1v) is 10.5. The highest BCUT2D eigenvalue weighted by atomic mass is 35.5. The van der Waals surface area contributed by atoms with E-state index in [1.807, 2.05) is 0 Å². The predicted molar refractivity (Wildman–Crippen MR) is 116 cm³/mol. The Morgan fingerprint density at radius 1 is 1.20 bits per heavy atom. The number of rotatable bonds is 11. The van der Waals surface area contributed by atoms with Gasteiger partial charge < -0.3 is 15.6 Å². The van der Waals surface area contributed by atoms with Crippen LogP contribution in [0.4, 0.5) is 5.82 Å². The number of unbranched alkanes of at least 4 members (excludes halogenated alkanes) is 1. The number of hydrogen-bond donors (Lipinski definition) is 3. The summed E-state index contributed by atoms with van der Waals surface area (Å²) in [6.07, 6.45) is 3.36. The van der Waals surface area contributed by atoms with Crippen molar-refractivity contribution in [3.05, 3.63) is 52.2 Å². The molecule has 0 saturated heterocycles. The minimum Gasteiger partial charge on any atom is -0.368 e. The number of H-pyrrole nitrogens is 1. The number of nitrogens with zero attached hydrogens (tertiary/aromatic N) is 5. The van der Waals surface area contributed by atoms with E-state index in [0.29, 0.717) is 43.3 Å². The van der Waals surface area contributed by atoms with E-state index in [2.05, 4.69) is 74.1 Å². The van der Waals surface area contributed by atoms with E-state index in [1.54, 1.807) is 4.80 Å². The molecule has 2 aromatic heterocycles. The Balaban J connectivity index is 1.43. The Hall–Kier alpha value is -2.94. The van der Waals surface area contributed by atoms with Gasteiger partial charge in [-0.05, 0) is 42.1 Å². The lowest BCUT2D eigenvalue weighted by molar-refractivity contribution is 0.0949. The molecule has 0 fully saturated rings. The van der Waals surface area contributed by atoms with Crippen LogP contribution in [0.25, 0.3) is 0 Å². The molecule has 3 rings (SSSR count). The summed E-state index contributed by atoms with van der Waals surface area (Å²) in [5.41, 5.74) is 2.71. The smallest absolute Gasteiger partial charge is 0.271 e. The van der Waals surface area contributed by atoms with Crippen molar-refractivity contribution in [1.82, 2.24) is 35.5 Å². The van der Waals surface area contributed by atoms with Crippen LogP contribution in [0.1, 0.15) is 53.6 Å². The summed E-state index contributed by atoms with van der Waals surface area (Å²) in [7, 11) is 0. The molecule has 0 radical (unpaired) electrons. The first kappa shape index (κ1) is 21.8. The van der Waals surface area contributed by atoms with Crippen LogP contribution in [0.5, 0.6) is 0 Å². The number of hydrogen-bond acceptors (Lipinski definition) is 6. The lowest BCUT2D eigenvalue weighted by Crippen LogP contribution is -2.26. The molecule has 0 aliphatic carbocycles. The molecule has 0 aliphatic rings. The van der Waals surface area contributed by atoms with Crippen LogP contribution >= 0.6 is 11.6 Å². The van der Waals surface area contributed by atoms with Crippen LogP contribution in [0, 0.1) is 6.92 Å². The average molecular weight is 431 g/mol. The number of benzene rings is 1. The van der Waals surface area contributed by atoms with Crippen molar-refractivity contribution < 1.29 is 4.79 Å². The number of carbonyl (C=O) groups is 1. The van der Waals surface area contributed by atoms with Crippen LogP contribution in [-0.4, -0.2) is 49.2 Å². The minimum atomic E-state index is -0.250. The van der Waals surface area contributed by atoms with Crippen molar-refractivity contribution in [2.24, 2.45) is 0 Å². The minimum absolute atomic E-state index is 0.187. The van der Waals surface area contributed by atoms with Crippen molar-refractivity contribution in [2.75, 3.05) is 18.4 Å². The summed E-state index contributed by atoms with van der Waals surface area (Å²) in [6.45, 7) is 5.93.